The number of carboxylic acids is 1. The van der Waals surface area contributed by atoms with E-state index in [2.05, 4.69) is 10.3 Å². The largest absolute Gasteiger partial charge is 0.508 e. The van der Waals surface area contributed by atoms with Gasteiger partial charge in [0, 0.05) is 6.07 Å². The molecule has 19 heavy (non-hydrogen) atoms. The molecule has 2 aromatic rings. The lowest BCUT2D eigenvalue weighted by Gasteiger charge is -2.19. The molecular weight excluding hydrogens is 246 g/mol. The van der Waals surface area contributed by atoms with E-state index in [0.29, 0.717) is 17.8 Å². The van der Waals surface area contributed by atoms with Gasteiger partial charge in [-0.25, -0.2) is 4.68 Å². The van der Waals surface area contributed by atoms with E-state index >= 15 is 0 Å². The van der Waals surface area contributed by atoms with Crippen molar-refractivity contribution in [2.24, 2.45) is 0 Å². The van der Waals surface area contributed by atoms with Crippen molar-refractivity contribution in [2.45, 2.75) is 25.2 Å². The van der Waals surface area contributed by atoms with Crippen molar-refractivity contribution in [2.75, 3.05) is 0 Å². The van der Waals surface area contributed by atoms with Crippen LogP contribution in [0.4, 0.5) is 0 Å². The topological polar surface area (TPSA) is 88.2 Å². The lowest BCUT2D eigenvalue weighted by atomic mass is 9.89. The summed E-state index contributed by atoms with van der Waals surface area (Å²) in [6, 6.07) is 6.56. The van der Waals surface area contributed by atoms with E-state index in [-0.39, 0.29) is 5.75 Å². The van der Waals surface area contributed by atoms with Crippen molar-refractivity contribution in [1.29, 1.82) is 0 Å². The molecule has 0 radical (unpaired) electrons. The van der Waals surface area contributed by atoms with E-state index in [1.165, 1.54) is 4.68 Å². The maximum Gasteiger partial charge on any atom is 0.312 e. The number of aliphatic carboxylic acids is 1. The number of carbonyl (C=O) groups is 1. The minimum absolute atomic E-state index is 0.115. The Hall–Kier alpha value is -2.37. The van der Waals surface area contributed by atoms with Gasteiger partial charge in [0.1, 0.15) is 11.7 Å². The van der Waals surface area contributed by atoms with Gasteiger partial charge < -0.3 is 10.2 Å². The molecule has 1 aromatic heterocycles. The number of benzene rings is 1. The first kappa shape index (κ1) is 11.7. The van der Waals surface area contributed by atoms with Gasteiger partial charge in [0.05, 0.1) is 17.1 Å². The van der Waals surface area contributed by atoms with Crippen LogP contribution in [0.1, 0.15) is 30.1 Å². The molecule has 1 unspecified atom stereocenters. The Balaban J connectivity index is 2.14. The second kappa shape index (κ2) is 4.38. The average Bonchev–Trinajstić information content (AvgIpc) is 2.82. The van der Waals surface area contributed by atoms with Crippen molar-refractivity contribution in [1.82, 2.24) is 15.0 Å². The number of fused-ring (bicyclic) bond motifs is 1. The predicted octanol–water partition coefficient (Wildman–Crippen LogP) is 1.48. The number of phenols is 1. The molecule has 0 spiro atoms. The molecule has 3 rings (SSSR count). The Morgan fingerprint density at radius 3 is 3.00 bits per heavy atom. The highest BCUT2D eigenvalue weighted by molar-refractivity contribution is 5.76. The first-order valence-corrected chi connectivity index (χ1v) is 6.13. The van der Waals surface area contributed by atoms with Crippen LogP contribution in [0, 0.1) is 0 Å². The first-order valence-electron chi connectivity index (χ1n) is 6.13. The highest BCUT2D eigenvalue weighted by Crippen LogP contribution is 2.32. The van der Waals surface area contributed by atoms with E-state index in [9.17, 15) is 15.0 Å². The lowest BCUT2D eigenvalue weighted by Crippen LogP contribution is -2.21. The lowest BCUT2D eigenvalue weighted by molar-refractivity contribution is -0.139. The Bertz CT molecular complexity index is 636. The zero-order chi connectivity index (χ0) is 13.4. The molecular formula is C13H13N3O3. The van der Waals surface area contributed by atoms with Crippen molar-refractivity contribution in [3.8, 4) is 11.4 Å². The number of nitrogens with zero attached hydrogens (tertiary/aromatic N) is 3. The fraction of sp³-hybridized carbons (Fsp3) is 0.308. The third-order valence-electron chi connectivity index (χ3n) is 3.39. The highest BCUT2D eigenvalue weighted by Gasteiger charge is 2.32. The summed E-state index contributed by atoms with van der Waals surface area (Å²) in [6.45, 7) is 0. The molecule has 0 aliphatic heterocycles. The first-order chi connectivity index (χ1) is 9.16. The van der Waals surface area contributed by atoms with E-state index in [1.807, 2.05) is 0 Å². The predicted molar refractivity (Wildman–Crippen MR) is 66.3 cm³/mol. The summed E-state index contributed by atoms with van der Waals surface area (Å²) in [5.41, 5.74) is 1.99. The van der Waals surface area contributed by atoms with Crippen LogP contribution in [-0.4, -0.2) is 31.2 Å². The second-order valence-corrected chi connectivity index (χ2v) is 4.64. The summed E-state index contributed by atoms with van der Waals surface area (Å²) in [6.07, 6.45) is 2.15. The summed E-state index contributed by atoms with van der Waals surface area (Å²) >= 11 is 0. The molecule has 1 aromatic carbocycles. The Kier molecular flexibility index (Phi) is 2.70. The molecule has 1 aliphatic carbocycles. The minimum atomic E-state index is -0.857. The summed E-state index contributed by atoms with van der Waals surface area (Å²) in [5, 5.41) is 26.9. The Morgan fingerprint density at radius 1 is 1.42 bits per heavy atom. The number of rotatable bonds is 2. The van der Waals surface area contributed by atoms with Gasteiger partial charge in [0.15, 0.2) is 0 Å². The third kappa shape index (κ3) is 1.95. The zero-order valence-electron chi connectivity index (χ0n) is 10.2. The van der Waals surface area contributed by atoms with Crippen molar-refractivity contribution in [3.63, 3.8) is 0 Å². The van der Waals surface area contributed by atoms with Crippen LogP contribution >= 0.6 is 0 Å². The van der Waals surface area contributed by atoms with Crippen molar-refractivity contribution < 1.29 is 15.0 Å². The van der Waals surface area contributed by atoms with E-state index in [4.69, 9.17) is 0 Å². The van der Waals surface area contributed by atoms with Crippen molar-refractivity contribution >= 4 is 5.97 Å². The molecule has 2 N–H and O–H groups in total. The SMILES string of the molecule is O=C(O)C1CCCc2nnn(-c3cccc(O)c3)c21. The number of hydrogen-bond donors (Lipinski definition) is 2. The zero-order valence-corrected chi connectivity index (χ0v) is 10.2. The molecule has 1 atom stereocenters. The normalized spacial score (nSPS) is 18.0. The standard InChI is InChI=1S/C13H13N3O3/c17-9-4-1-3-8(7-9)16-12-10(13(18)19)5-2-6-11(12)14-15-16/h1,3-4,7,10,17H,2,5-6H2,(H,18,19). The van der Waals surface area contributed by atoms with Crippen LogP contribution in [0.25, 0.3) is 5.69 Å². The van der Waals surface area contributed by atoms with Gasteiger partial charge >= 0.3 is 5.97 Å². The van der Waals surface area contributed by atoms with Gasteiger partial charge in [-0.15, -0.1) is 5.10 Å². The number of phenolic OH excluding ortho intramolecular Hbond substituents is 1. The van der Waals surface area contributed by atoms with Gasteiger partial charge in [-0.2, -0.15) is 0 Å². The summed E-state index contributed by atoms with van der Waals surface area (Å²) < 4.78 is 1.52. The molecule has 6 nitrogen and oxygen atoms in total. The number of hydrogen-bond acceptors (Lipinski definition) is 4. The molecule has 0 fully saturated rings. The van der Waals surface area contributed by atoms with Crippen LogP contribution in [-0.2, 0) is 11.2 Å². The maximum absolute atomic E-state index is 11.3. The number of aromatic hydroxyl groups is 1. The Labute approximate surface area is 109 Å². The van der Waals surface area contributed by atoms with Crippen LogP contribution in [0.2, 0.25) is 0 Å². The van der Waals surface area contributed by atoms with E-state index in [1.54, 1.807) is 24.3 Å². The number of aromatic nitrogens is 3. The summed E-state index contributed by atoms with van der Waals surface area (Å²) in [5.74, 6) is -1.32. The summed E-state index contributed by atoms with van der Waals surface area (Å²) in [7, 11) is 0. The van der Waals surface area contributed by atoms with Gasteiger partial charge in [0.25, 0.3) is 0 Å². The van der Waals surface area contributed by atoms with Gasteiger partial charge in [-0.3, -0.25) is 4.79 Å². The quantitative estimate of drug-likeness (QED) is 0.852. The molecule has 1 heterocycles. The molecule has 0 amide bonds. The highest BCUT2D eigenvalue weighted by atomic mass is 16.4. The third-order valence-corrected chi connectivity index (χ3v) is 3.39. The van der Waals surface area contributed by atoms with Crippen LogP contribution in [0.15, 0.2) is 24.3 Å². The minimum Gasteiger partial charge on any atom is -0.508 e. The van der Waals surface area contributed by atoms with E-state index in [0.717, 1.165) is 18.5 Å². The molecule has 1 aliphatic rings. The second-order valence-electron chi connectivity index (χ2n) is 4.64. The van der Waals surface area contributed by atoms with Gasteiger partial charge in [-0.1, -0.05) is 11.3 Å². The smallest absolute Gasteiger partial charge is 0.312 e. The number of aryl methyl sites for hydroxylation is 1. The maximum atomic E-state index is 11.3. The Morgan fingerprint density at radius 2 is 2.26 bits per heavy atom. The fourth-order valence-corrected chi connectivity index (χ4v) is 2.51. The van der Waals surface area contributed by atoms with Crippen LogP contribution < -0.4 is 0 Å². The molecule has 98 valence electrons. The molecule has 0 bridgehead atoms. The molecule has 0 saturated carbocycles. The van der Waals surface area contributed by atoms with Crippen molar-refractivity contribution in [3.05, 3.63) is 35.7 Å². The average molecular weight is 259 g/mol. The molecule has 0 saturated heterocycles. The van der Waals surface area contributed by atoms with Gasteiger partial charge in [0.2, 0.25) is 0 Å². The monoisotopic (exact) mass is 259 g/mol. The van der Waals surface area contributed by atoms with Gasteiger partial charge in [-0.05, 0) is 31.4 Å². The van der Waals surface area contributed by atoms with Crippen LogP contribution in [0.3, 0.4) is 0 Å². The number of carboxylic acid groups (broad SMARTS) is 1. The summed E-state index contributed by atoms with van der Waals surface area (Å²) in [4.78, 5) is 11.3. The fourth-order valence-electron chi connectivity index (χ4n) is 2.51. The van der Waals surface area contributed by atoms with Crippen LogP contribution in [0.5, 0.6) is 5.75 Å². The van der Waals surface area contributed by atoms with E-state index < -0.39 is 11.9 Å². The molecule has 6 heteroatoms.